The van der Waals surface area contributed by atoms with E-state index in [9.17, 15) is 39.8 Å². The lowest BCUT2D eigenvalue weighted by atomic mass is 9.85. The highest BCUT2D eigenvalue weighted by atomic mass is 31.2. The van der Waals surface area contributed by atoms with E-state index in [0.29, 0.717) is 13.0 Å². The molecule has 66 heavy (non-hydrogen) atoms. The molecule has 388 valence electrons. The van der Waals surface area contributed by atoms with Crippen LogP contribution in [0.4, 0.5) is 0 Å². The topological polar surface area (TPSA) is 192 Å². The second-order valence-electron chi connectivity index (χ2n) is 18.7. The Labute approximate surface area is 402 Å². The van der Waals surface area contributed by atoms with Crippen molar-refractivity contribution in [1.29, 1.82) is 0 Å². The van der Waals surface area contributed by atoms with Crippen LogP contribution < -0.4 is 0 Å². The summed E-state index contributed by atoms with van der Waals surface area (Å²) in [5, 5.41) is 50.3. The van der Waals surface area contributed by atoms with E-state index in [1.54, 1.807) is 0 Å². The first-order valence-corrected chi connectivity index (χ1v) is 28.3. The zero-order chi connectivity index (χ0) is 48.4. The first kappa shape index (κ1) is 62.6. The van der Waals surface area contributed by atoms with E-state index in [1.165, 1.54) is 141 Å². The lowest BCUT2D eigenvalue weighted by Gasteiger charge is -2.41. The number of phosphoric acid groups is 1. The van der Waals surface area contributed by atoms with E-state index in [-0.39, 0.29) is 13.0 Å². The highest BCUT2D eigenvalue weighted by Gasteiger charge is 2.51. The third kappa shape index (κ3) is 34.8. The zero-order valence-corrected chi connectivity index (χ0v) is 42.6. The molecule has 0 aromatic rings. The van der Waals surface area contributed by atoms with E-state index in [1.807, 2.05) is 0 Å². The third-order valence-electron chi connectivity index (χ3n) is 12.5. The Morgan fingerprint density at radius 2 is 0.848 bits per heavy atom. The number of rotatable bonds is 46. The average Bonchev–Trinajstić information content (AvgIpc) is 3.30. The molecule has 0 aromatic carbocycles. The number of hydrogen-bond acceptors (Lipinski definition) is 11. The largest absolute Gasteiger partial charge is 0.472 e. The summed E-state index contributed by atoms with van der Waals surface area (Å²) in [6, 6.07) is 0. The van der Waals surface area contributed by atoms with Crippen LogP contribution in [0.5, 0.6) is 0 Å². The molecule has 0 saturated heterocycles. The van der Waals surface area contributed by atoms with Gasteiger partial charge in [-0.05, 0) is 51.4 Å². The maximum Gasteiger partial charge on any atom is 0.472 e. The van der Waals surface area contributed by atoms with Crippen LogP contribution in [0, 0.1) is 0 Å². The van der Waals surface area contributed by atoms with Crippen molar-refractivity contribution in [2.45, 2.75) is 275 Å². The second kappa shape index (κ2) is 43.6. The molecule has 6 N–H and O–H groups in total. The van der Waals surface area contributed by atoms with Crippen molar-refractivity contribution < 1.29 is 58.3 Å². The molecule has 0 bridgehead atoms. The van der Waals surface area contributed by atoms with Gasteiger partial charge in [-0.25, -0.2) is 4.57 Å². The summed E-state index contributed by atoms with van der Waals surface area (Å²) in [7, 11) is -5.02. The minimum absolute atomic E-state index is 0.0776. The molecule has 13 heteroatoms. The van der Waals surface area contributed by atoms with Crippen molar-refractivity contribution >= 4 is 13.8 Å². The molecule has 0 amide bonds. The maximum absolute atomic E-state index is 12.9. The molecule has 12 nitrogen and oxygen atoms in total. The summed E-state index contributed by atoms with van der Waals surface area (Å²) in [6.07, 6.45) is 40.7. The normalized spacial score (nSPS) is 21.6. The van der Waals surface area contributed by atoms with Crippen LogP contribution in [-0.4, -0.2) is 98.9 Å². The summed E-state index contributed by atoms with van der Waals surface area (Å²) in [4.78, 5) is 23.2. The Hall–Kier alpha value is -1.44. The number of ether oxygens (including phenoxy) is 2. The number of unbranched alkanes of at least 4 members (excludes halogenated alkanes) is 28. The predicted octanol–water partition coefficient (Wildman–Crippen LogP) is 12.2. The number of allylic oxidation sites excluding steroid dienone is 6. The lowest BCUT2D eigenvalue weighted by Crippen LogP contribution is -2.64. The minimum atomic E-state index is -5.02. The molecule has 0 aromatic heterocycles. The van der Waals surface area contributed by atoms with Crippen LogP contribution in [0.3, 0.4) is 0 Å². The van der Waals surface area contributed by atoms with E-state index >= 15 is 0 Å². The number of aliphatic hydroxyl groups is 5. The second-order valence-corrected chi connectivity index (χ2v) is 20.1. The van der Waals surface area contributed by atoms with Crippen LogP contribution in [0.1, 0.15) is 232 Å². The monoisotopic (exact) mass is 959 g/mol. The number of phosphoric ester groups is 1. The molecule has 1 rings (SSSR count). The van der Waals surface area contributed by atoms with Crippen molar-refractivity contribution in [3.63, 3.8) is 0 Å². The van der Waals surface area contributed by atoms with Crippen LogP contribution in [-0.2, 0) is 27.9 Å². The van der Waals surface area contributed by atoms with Gasteiger partial charge in [-0.1, -0.05) is 211 Å². The molecule has 1 aliphatic carbocycles. The average molecular weight is 959 g/mol. The van der Waals surface area contributed by atoms with Crippen molar-refractivity contribution in [3.8, 4) is 0 Å². The molecule has 6 atom stereocenters. The van der Waals surface area contributed by atoms with Crippen LogP contribution >= 0.6 is 7.82 Å². The molecule has 0 spiro atoms. The number of hydrogen-bond donors (Lipinski definition) is 6. The fourth-order valence-electron chi connectivity index (χ4n) is 8.25. The van der Waals surface area contributed by atoms with Crippen molar-refractivity contribution in [2.24, 2.45) is 0 Å². The SMILES string of the molecule is CCCCCCC/C=C\C/C=C\C/C=C\CCCCCCCCCCCOCC(COP(=O)(O)OC1C(O)C(O)C(O)C(O)C1O)OC(=O)CCCCCCCCCCCCCCCCC. The smallest absolute Gasteiger partial charge is 0.457 e. The molecule has 1 saturated carbocycles. The summed E-state index contributed by atoms with van der Waals surface area (Å²) in [5.41, 5.74) is 0. The Morgan fingerprint density at radius 1 is 0.485 bits per heavy atom. The van der Waals surface area contributed by atoms with Gasteiger partial charge in [0.25, 0.3) is 0 Å². The Bertz CT molecular complexity index is 1230. The number of aliphatic hydroxyl groups excluding tert-OH is 5. The van der Waals surface area contributed by atoms with Gasteiger partial charge in [0.05, 0.1) is 13.2 Å². The van der Waals surface area contributed by atoms with Crippen LogP contribution in [0.25, 0.3) is 0 Å². The minimum Gasteiger partial charge on any atom is -0.457 e. The highest BCUT2D eigenvalue weighted by molar-refractivity contribution is 7.47. The van der Waals surface area contributed by atoms with E-state index in [0.717, 1.165) is 64.2 Å². The first-order valence-electron chi connectivity index (χ1n) is 26.8. The number of esters is 1. The Morgan fingerprint density at radius 3 is 1.29 bits per heavy atom. The van der Waals surface area contributed by atoms with E-state index in [4.69, 9.17) is 18.5 Å². The van der Waals surface area contributed by atoms with Gasteiger partial charge in [0.15, 0.2) is 0 Å². The Balaban J connectivity index is 2.30. The van der Waals surface area contributed by atoms with Crippen molar-refractivity contribution in [2.75, 3.05) is 19.8 Å². The maximum atomic E-state index is 12.9. The van der Waals surface area contributed by atoms with Gasteiger partial charge in [0, 0.05) is 13.0 Å². The van der Waals surface area contributed by atoms with Crippen LogP contribution in [0.15, 0.2) is 36.5 Å². The van der Waals surface area contributed by atoms with Gasteiger partial charge < -0.3 is 39.9 Å². The molecular formula is C53H99O12P. The Kier molecular flexibility index (Phi) is 41.3. The van der Waals surface area contributed by atoms with Crippen molar-refractivity contribution in [3.05, 3.63) is 36.5 Å². The van der Waals surface area contributed by atoms with Crippen LogP contribution in [0.2, 0.25) is 0 Å². The molecule has 1 aliphatic rings. The van der Waals surface area contributed by atoms with Gasteiger partial charge in [-0.15, -0.1) is 0 Å². The van der Waals surface area contributed by atoms with Gasteiger partial charge in [-0.2, -0.15) is 0 Å². The molecule has 0 radical (unpaired) electrons. The summed E-state index contributed by atoms with van der Waals surface area (Å²) in [6.45, 7) is 4.27. The third-order valence-corrected chi connectivity index (χ3v) is 13.5. The molecule has 1 fully saturated rings. The van der Waals surface area contributed by atoms with Gasteiger partial charge in [0.2, 0.25) is 0 Å². The van der Waals surface area contributed by atoms with E-state index < -0.39 is 63.1 Å². The highest BCUT2D eigenvalue weighted by Crippen LogP contribution is 2.47. The van der Waals surface area contributed by atoms with E-state index in [2.05, 4.69) is 50.3 Å². The lowest BCUT2D eigenvalue weighted by molar-refractivity contribution is -0.220. The van der Waals surface area contributed by atoms with Gasteiger partial charge in [-0.3, -0.25) is 13.8 Å². The number of carbonyl (C=O) groups is 1. The standard InChI is InChI=1S/C53H99O12P/c1-3-5-7-9-11-13-15-17-19-20-21-22-23-24-25-26-27-29-31-33-35-37-39-41-43-62-44-46(45-63-66(60,61)65-53-51(58)49(56)48(55)50(57)52(53)59)64-47(54)42-40-38-36-34-32-30-28-18-16-14-12-10-8-6-4-2/h15,17,20-21,23-24,46,48-53,55-59H,3-14,16,18-19,22,25-45H2,1-2H3,(H,60,61)/b17-15-,21-20-,24-23-. The fraction of sp³-hybridized carbons (Fsp3) is 0.868. The quantitative estimate of drug-likeness (QED) is 0.0147. The molecule has 0 heterocycles. The summed E-state index contributed by atoms with van der Waals surface area (Å²) in [5.74, 6) is -0.476. The predicted molar refractivity (Wildman–Crippen MR) is 267 cm³/mol. The zero-order valence-electron chi connectivity index (χ0n) is 41.7. The molecular weight excluding hydrogens is 860 g/mol. The molecule has 0 aliphatic heterocycles. The summed E-state index contributed by atoms with van der Waals surface area (Å²) < 4.78 is 34.3. The molecule has 6 unspecified atom stereocenters. The van der Waals surface area contributed by atoms with Gasteiger partial charge >= 0.3 is 13.8 Å². The van der Waals surface area contributed by atoms with Crippen molar-refractivity contribution in [1.82, 2.24) is 0 Å². The first-order chi connectivity index (χ1) is 32.0. The fourth-order valence-corrected chi connectivity index (χ4v) is 9.22. The number of carbonyl (C=O) groups excluding carboxylic acids is 1. The summed E-state index contributed by atoms with van der Waals surface area (Å²) >= 11 is 0. The van der Waals surface area contributed by atoms with Gasteiger partial charge in [0.1, 0.15) is 42.7 Å².